The fourth-order valence-electron chi connectivity index (χ4n) is 1.78. The first-order valence-corrected chi connectivity index (χ1v) is 6.38. The molecule has 4 heteroatoms. The number of phenols is 1. The Morgan fingerprint density at radius 1 is 1.20 bits per heavy atom. The van der Waals surface area contributed by atoms with Crippen molar-refractivity contribution in [2.45, 2.75) is 20.0 Å². The van der Waals surface area contributed by atoms with Crippen molar-refractivity contribution >= 4 is 11.6 Å². The predicted octanol–water partition coefficient (Wildman–Crippen LogP) is 3.11. The van der Waals surface area contributed by atoms with Crippen LogP contribution in [-0.4, -0.2) is 17.1 Å². The topological polar surface area (TPSA) is 58.6 Å². The zero-order valence-corrected chi connectivity index (χ0v) is 11.5. The van der Waals surface area contributed by atoms with Gasteiger partial charge in [-0.2, -0.15) is 0 Å². The number of benzene rings is 2. The summed E-state index contributed by atoms with van der Waals surface area (Å²) in [5.74, 6) is 0.592. The first-order valence-electron chi connectivity index (χ1n) is 6.38. The van der Waals surface area contributed by atoms with Gasteiger partial charge in [0.05, 0.1) is 0 Å². The van der Waals surface area contributed by atoms with Crippen LogP contribution >= 0.6 is 0 Å². The minimum Gasteiger partial charge on any atom is -0.508 e. The fourth-order valence-corrected chi connectivity index (χ4v) is 1.78. The van der Waals surface area contributed by atoms with Crippen molar-refractivity contribution in [3.8, 4) is 11.5 Å². The van der Waals surface area contributed by atoms with Crippen LogP contribution in [0.15, 0.2) is 48.5 Å². The van der Waals surface area contributed by atoms with Crippen LogP contribution in [0.4, 0.5) is 5.69 Å². The maximum absolute atomic E-state index is 12.1. The average molecular weight is 271 g/mol. The van der Waals surface area contributed by atoms with Gasteiger partial charge in [0.15, 0.2) is 6.10 Å². The zero-order valence-electron chi connectivity index (χ0n) is 11.5. The second kappa shape index (κ2) is 6.10. The second-order valence-corrected chi connectivity index (χ2v) is 4.56. The molecule has 0 aromatic heterocycles. The summed E-state index contributed by atoms with van der Waals surface area (Å²) in [5, 5.41) is 12.1. The molecule has 2 N–H and O–H groups in total. The number of phenolic OH excluding ortho intramolecular Hbond substituents is 1. The number of nitrogens with one attached hydrogen (secondary N) is 1. The summed E-state index contributed by atoms with van der Waals surface area (Å²) in [6, 6.07) is 14.0. The largest absolute Gasteiger partial charge is 0.508 e. The average Bonchev–Trinajstić information content (AvgIpc) is 2.43. The third kappa shape index (κ3) is 3.51. The summed E-state index contributed by atoms with van der Waals surface area (Å²) in [6.45, 7) is 3.51. The van der Waals surface area contributed by atoms with Crippen LogP contribution in [0.2, 0.25) is 0 Å². The van der Waals surface area contributed by atoms with Gasteiger partial charge in [0.25, 0.3) is 5.91 Å². The smallest absolute Gasteiger partial charge is 0.265 e. The highest BCUT2D eigenvalue weighted by molar-refractivity contribution is 5.94. The maximum atomic E-state index is 12.1. The number of amides is 1. The fraction of sp³-hybridized carbons (Fsp3) is 0.188. The van der Waals surface area contributed by atoms with E-state index in [-0.39, 0.29) is 11.7 Å². The third-order valence-corrected chi connectivity index (χ3v) is 2.89. The van der Waals surface area contributed by atoms with Crippen molar-refractivity contribution in [3.05, 3.63) is 54.1 Å². The summed E-state index contributed by atoms with van der Waals surface area (Å²) >= 11 is 0. The quantitative estimate of drug-likeness (QED) is 0.840. The molecule has 1 amide bonds. The van der Waals surface area contributed by atoms with Gasteiger partial charge in [-0.3, -0.25) is 4.79 Å². The molecule has 1 atom stereocenters. The van der Waals surface area contributed by atoms with Crippen molar-refractivity contribution in [3.63, 3.8) is 0 Å². The molecular formula is C16H17NO3. The van der Waals surface area contributed by atoms with E-state index in [1.165, 1.54) is 6.07 Å². The highest BCUT2D eigenvalue weighted by Gasteiger charge is 2.15. The van der Waals surface area contributed by atoms with Gasteiger partial charge in [0, 0.05) is 5.69 Å². The van der Waals surface area contributed by atoms with E-state index in [1.807, 2.05) is 25.1 Å². The van der Waals surface area contributed by atoms with Gasteiger partial charge < -0.3 is 15.2 Å². The number of ether oxygens (including phenoxy) is 1. The number of aromatic hydroxyl groups is 1. The Morgan fingerprint density at radius 3 is 2.55 bits per heavy atom. The summed E-state index contributed by atoms with van der Waals surface area (Å²) in [5.41, 5.74) is 1.46. The lowest BCUT2D eigenvalue weighted by Gasteiger charge is -2.15. The van der Waals surface area contributed by atoms with E-state index in [0.717, 1.165) is 5.56 Å². The number of para-hydroxylation sites is 1. The predicted molar refractivity (Wildman–Crippen MR) is 78.0 cm³/mol. The highest BCUT2D eigenvalue weighted by Crippen LogP contribution is 2.20. The van der Waals surface area contributed by atoms with Gasteiger partial charge in [0.1, 0.15) is 11.5 Å². The van der Waals surface area contributed by atoms with Gasteiger partial charge >= 0.3 is 0 Å². The van der Waals surface area contributed by atoms with Crippen molar-refractivity contribution in [2.75, 3.05) is 5.32 Å². The summed E-state index contributed by atoms with van der Waals surface area (Å²) in [4.78, 5) is 12.1. The molecule has 0 aliphatic rings. The van der Waals surface area contributed by atoms with Crippen LogP contribution in [0.5, 0.6) is 11.5 Å². The minimum atomic E-state index is -0.606. The molecule has 0 fully saturated rings. The number of carbonyl (C=O) groups is 1. The van der Waals surface area contributed by atoms with E-state index in [0.29, 0.717) is 11.4 Å². The van der Waals surface area contributed by atoms with E-state index < -0.39 is 6.10 Å². The lowest BCUT2D eigenvalue weighted by Crippen LogP contribution is -2.30. The number of hydrogen-bond donors (Lipinski definition) is 2. The third-order valence-electron chi connectivity index (χ3n) is 2.89. The molecule has 2 rings (SSSR count). The number of aryl methyl sites for hydroxylation is 1. The highest BCUT2D eigenvalue weighted by atomic mass is 16.5. The van der Waals surface area contributed by atoms with Crippen molar-refractivity contribution < 1.29 is 14.6 Å². The molecule has 0 saturated carbocycles. The Morgan fingerprint density at radius 2 is 1.90 bits per heavy atom. The number of rotatable bonds is 4. The molecule has 1 unspecified atom stereocenters. The molecule has 2 aromatic rings. The number of anilines is 1. The lowest BCUT2D eigenvalue weighted by molar-refractivity contribution is -0.122. The van der Waals surface area contributed by atoms with Crippen LogP contribution in [0, 0.1) is 6.92 Å². The van der Waals surface area contributed by atoms with Gasteiger partial charge in [0.2, 0.25) is 0 Å². The van der Waals surface area contributed by atoms with Crippen LogP contribution in [-0.2, 0) is 4.79 Å². The van der Waals surface area contributed by atoms with E-state index in [9.17, 15) is 9.90 Å². The monoisotopic (exact) mass is 271 g/mol. The van der Waals surface area contributed by atoms with Crippen LogP contribution in [0.3, 0.4) is 0 Å². The Labute approximate surface area is 118 Å². The molecule has 0 bridgehead atoms. The summed E-state index contributed by atoms with van der Waals surface area (Å²) < 4.78 is 5.55. The maximum Gasteiger partial charge on any atom is 0.265 e. The first kappa shape index (κ1) is 13.9. The van der Waals surface area contributed by atoms with Crippen molar-refractivity contribution in [1.82, 2.24) is 0 Å². The molecule has 2 aromatic carbocycles. The normalized spacial score (nSPS) is 11.7. The van der Waals surface area contributed by atoms with Crippen molar-refractivity contribution in [2.24, 2.45) is 0 Å². The lowest BCUT2D eigenvalue weighted by atomic mass is 10.2. The van der Waals surface area contributed by atoms with Crippen LogP contribution in [0.1, 0.15) is 12.5 Å². The molecule has 0 saturated heterocycles. The van der Waals surface area contributed by atoms with Gasteiger partial charge in [-0.25, -0.2) is 0 Å². The Hall–Kier alpha value is -2.49. The summed E-state index contributed by atoms with van der Waals surface area (Å²) in [6.07, 6.45) is -0.606. The minimum absolute atomic E-state index is 0.175. The summed E-state index contributed by atoms with van der Waals surface area (Å²) in [7, 11) is 0. The second-order valence-electron chi connectivity index (χ2n) is 4.56. The van der Waals surface area contributed by atoms with Gasteiger partial charge in [-0.15, -0.1) is 0 Å². The molecule has 0 aliphatic heterocycles. The Balaban J connectivity index is 2.01. The molecule has 0 radical (unpaired) electrons. The molecule has 0 spiro atoms. The van der Waals surface area contributed by atoms with Gasteiger partial charge in [-0.05, 0) is 49.7 Å². The Bertz CT molecular complexity index is 596. The van der Waals surface area contributed by atoms with E-state index in [4.69, 9.17) is 4.74 Å². The first-order chi connectivity index (χ1) is 9.56. The van der Waals surface area contributed by atoms with Crippen LogP contribution < -0.4 is 10.1 Å². The SMILES string of the molecule is Cc1cc(O)ccc1NC(=O)C(C)Oc1ccccc1. The standard InChI is InChI=1S/C16H17NO3/c1-11-10-13(18)8-9-15(11)17-16(19)12(2)20-14-6-4-3-5-7-14/h3-10,12,18H,1-2H3,(H,17,19). The molecule has 4 nitrogen and oxygen atoms in total. The Kier molecular flexibility index (Phi) is 4.25. The molecule has 104 valence electrons. The molecule has 0 heterocycles. The van der Waals surface area contributed by atoms with E-state index in [1.54, 1.807) is 31.2 Å². The number of carbonyl (C=O) groups excluding carboxylic acids is 1. The van der Waals surface area contributed by atoms with Crippen LogP contribution in [0.25, 0.3) is 0 Å². The van der Waals surface area contributed by atoms with E-state index in [2.05, 4.69) is 5.32 Å². The molecule has 20 heavy (non-hydrogen) atoms. The molecular weight excluding hydrogens is 254 g/mol. The van der Waals surface area contributed by atoms with Crippen molar-refractivity contribution in [1.29, 1.82) is 0 Å². The molecule has 0 aliphatic carbocycles. The number of hydrogen-bond acceptors (Lipinski definition) is 3. The van der Waals surface area contributed by atoms with E-state index >= 15 is 0 Å². The van der Waals surface area contributed by atoms with Gasteiger partial charge in [-0.1, -0.05) is 18.2 Å². The zero-order chi connectivity index (χ0) is 14.5.